The Morgan fingerprint density at radius 2 is 1.95 bits per heavy atom. The molecule has 0 radical (unpaired) electrons. The molecule has 104 valence electrons. The van der Waals surface area contributed by atoms with Gasteiger partial charge in [-0.25, -0.2) is 19.2 Å². The van der Waals surface area contributed by atoms with E-state index in [1.165, 1.54) is 6.33 Å². The molecule has 0 bridgehead atoms. The standard InChI is InChI=1S/C11H12N5O3P/c12-10-9-11(16(7-14-10)20(17,18)19)15(6-13-9)8-4-2-1-3-5-8/h1-6H,7H2,(H2,12,14)(H2,17,18,19). The Morgan fingerprint density at radius 1 is 1.25 bits per heavy atom. The minimum absolute atomic E-state index is 0.166. The van der Waals surface area contributed by atoms with Gasteiger partial charge in [0.05, 0.1) is 0 Å². The molecule has 0 fully saturated rings. The molecule has 2 aromatic rings. The number of para-hydroxylation sites is 1. The van der Waals surface area contributed by atoms with Crippen LogP contribution in [0.3, 0.4) is 0 Å². The van der Waals surface area contributed by atoms with Crippen molar-refractivity contribution in [3.05, 3.63) is 42.4 Å². The van der Waals surface area contributed by atoms with Crippen LogP contribution in [0.15, 0.2) is 41.7 Å². The second kappa shape index (κ2) is 4.45. The third kappa shape index (κ3) is 2.00. The van der Waals surface area contributed by atoms with Crippen molar-refractivity contribution in [2.45, 2.75) is 0 Å². The van der Waals surface area contributed by atoms with E-state index in [0.717, 1.165) is 10.4 Å². The van der Waals surface area contributed by atoms with E-state index in [2.05, 4.69) is 9.98 Å². The van der Waals surface area contributed by atoms with Crippen molar-refractivity contribution < 1.29 is 14.4 Å². The summed E-state index contributed by atoms with van der Waals surface area (Å²) in [6.45, 7) is -0.207. The van der Waals surface area contributed by atoms with E-state index < -0.39 is 7.75 Å². The van der Waals surface area contributed by atoms with E-state index in [1.54, 1.807) is 4.57 Å². The predicted octanol–water partition coefficient (Wildman–Crippen LogP) is 0.448. The van der Waals surface area contributed by atoms with Crippen molar-refractivity contribution in [3.8, 4) is 5.69 Å². The molecule has 0 amide bonds. The topological polar surface area (TPSA) is 117 Å². The minimum Gasteiger partial charge on any atom is -0.382 e. The van der Waals surface area contributed by atoms with Crippen molar-refractivity contribution in [3.63, 3.8) is 0 Å². The van der Waals surface area contributed by atoms with E-state index in [1.807, 2.05) is 30.3 Å². The average molecular weight is 293 g/mol. The highest BCUT2D eigenvalue weighted by Gasteiger charge is 2.35. The van der Waals surface area contributed by atoms with Gasteiger partial charge in [0.1, 0.15) is 24.5 Å². The molecule has 0 saturated heterocycles. The Kier molecular flexibility index (Phi) is 2.86. The maximum Gasteiger partial charge on any atom is 0.432 e. The molecule has 1 aromatic carbocycles. The van der Waals surface area contributed by atoms with Gasteiger partial charge in [0.25, 0.3) is 0 Å². The fourth-order valence-electron chi connectivity index (χ4n) is 2.04. The first kappa shape index (κ1) is 12.9. The maximum atomic E-state index is 11.6. The largest absolute Gasteiger partial charge is 0.432 e. The lowest BCUT2D eigenvalue weighted by atomic mass is 10.3. The number of aromatic nitrogens is 2. The second-order valence-corrected chi connectivity index (χ2v) is 5.73. The Labute approximate surface area is 114 Å². The van der Waals surface area contributed by atoms with Gasteiger partial charge in [-0.15, -0.1) is 0 Å². The lowest BCUT2D eigenvalue weighted by Crippen LogP contribution is -2.31. The maximum absolute atomic E-state index is 11.6. The van der Waals surface area contributed by atoms with Crippen LogP contribution in [0.2, 0.25) is 0 Å². The van der Waals surface area contributed by atoms with E-state index in [-0.39, 0.29) is 24.0 Å². The van der Waals surface area contributed by atoms with Gasteiger partial charge in [0.2, 0.25) is 0 Å². The Hall–Kier alpha value is -2.15. The molecule has 20 heavy (non-hydrogen) atoms. The Morgan fingerprint density at radius 3 is 2.60 bits per heavy atom. The first-order valence-corrected chi connectivity index (χ1v) is 7.31. The van der Waals surface area contributed by atoms with Gasteiger partial charge in [0.15, 0.2) is 5.82 Å². The summed E-state index contributed by atoms with van der Waals surface area (Å²) >= 11 is 0. The third-order valence-corrected chi connectivity index (χ3v) is 3.90. The molecule has 8 nitrogen and oxygen atoms in total. The molecule has 0 saturated carbocycles. The van der Waals surface area contributed by atoms with Crippen LogP contribution in [0.1, 0.15) is 5.69 Å². The number of rotatable bonds is 2. The van der Waals surface area contributed by atoms with Crippen LogP contribution in [0.4, 0.5) is 5.82 Å². The summed E-state index contributed by atoms with van der Waals surface area (Å²) in [4.78, 5) is 26.9. The quantitative estimate of drug-likeness (QED) is 0.692. The van der Waals surface area contributed by atoms with Gasteiger partial charge in [-0.3, -0.25) is 4.57 Å². The van der Waals surface area contributed by atoms with Crippen LogP contribution in [-0.4, -0.2) is 31.8 Å². The summed E-state index contributed by atoms with van der Waals surface area (Å²) in [6.07, 6.45) is 1.47. The number of aliphatic imine (C=N–C) groups is 1. The molecule has 4 N–H and O–H groups in total. The number of nitrogens with two attached hydrogens (primary N) is 1. The second-order valence-electron chi connectivity index (χ2n) is 4.22. The van der Waals surface area contributed by atoms with E-state index in [9.17, 15) is 14.4 Å². The number of hydrogen-bond acceptors (Lipinski definition) is 4. The molecule has 1 aromatic heterocycles. The number of amidine groups is 1. The summed E-state index contributed by atoms with van der Waals surface area (Å²) in [6, 6.07) is 9.11. The van der Waals surface area contributed by atoms with Gasteiger partial charge in [0, 0.05) is 5.69 Å². The van der Waals surface area contributed by atoms with Crippen molar-refractivity contribution >= 4 is 19.4 Å². The van der Waals surface area contributed by atoms with Crippen LogP contribution in [0.25, 0.3) is 5.69 Å². The molecule has 0 spiro atoms. The third-order valence-electron chi connectivity index (χ3n) is 2.95. The van der Waals surface area contributed by atoms with Crippen molar-refractivity contribution in [2.24, 2.45) is 10.7 Å². The first-order valence-electron chi connectivity index (χ1n) is 5.75. The van der Waals surface area contributed by atoms with Crippen LogP contribution < -0.4 is 10.4 Å². The molecular weight excluding hydrogens is 281 g/mol. The highest BCUT2D eigenvalue weighted by Crippen LogP contribution is 2.46. The highest BCUT2D eigenvalue weighted by molar-refractivity contribution is 7.53. The smallest absolute Gasteiger partial charge is 0.382 e. The molecule has 0 atom stereocenters. The van der Waals surface area contributed by atoms with E-state index in [4.69, 9.17) is 5.73 Å². The minimum atomic E-state index is -4.50. The molecule has 1 aliphatic rings. The number of imidazole rings is 1. The van der Waals surface area contributed by atoms with Crippen LogP contribution in [0.5, 0.6) is 0 Å². The summed E-state index contributed by atoms with van der Waals surface area (Å²) < 4.78 is 14.1. The number of benzene rings is 1. The van der Waals surface area contributed by atoms with Crippen molar-refractivity contribution in [1.82, 2.24) is 9.55 Å². The normalized spacial score (nSPS) is 14.9. The SMILES string of the molecule is NC1=NCN(P(=O)(O)O)c2c1ncn2-c1ccccc1. The molecule has 3 rings (SSSR count). The zero-order valence-corrected chi connectivity index (χ0v) is 11.2. The highest BCUT2D eigenvalue weighted by atomic mass is 31.2. The molecule has 2 heterocycles. The lowest BCUT2D eigenvalue weighted by molar-refractivity contribution is 0.367. The summed E-state index contributed by atoms with van der Waals surface area (Å²) in [5, 5.41) is 0. The van der Waals surface area contributed by atoms with Crippen LogP contribution in [0, 0.1) is 0 Å². The molecule has 9 heteroatoms. The summed E-state index contributed by atoms with van der Waals surface area (Å²) in [7, 11) is -4.50. The summed E-state index contributed by atoms with van der Waals surface area (Å²) in [5.74, 6) is 0.413. The molecule has 0 aliphatic carbocycles. The Bertz CT molecular complexity index is 721. The summed E-state index contributed by atoms with van der Waals surface area (Å²) in [5.41, 5.74) is 6.74. The zero-order valence-electron chi connectivity index (χ0n) is 10.3. The molecule has 0 unspecified atom stereocenters. The van der Waals surface area contributed by atoms with E-state index >= 15 is 0 Å². The van der Waals surface area contributed by atoms with Gasteiger partial charge in [-0.1, -0.05) is 18.2 Å². The number of anilines is 1. The van der Waals surface area contributed by atoms with Gasteiger partial charge in [-0.2, -0.15) is 0 Å². The van der Waals surface area contributed by atoms with Crippen molar-refractivity contribution in [1.29, 1.82) is 0 Å². The average Bonchev–Trinajstić information content (AvgIpc) is 2.84. The van der Waals surface area contributed by atoms with Gasteiger partial charge >= 0.3 is 7.75 Å². The van der Waals surface area contributed by atoms with Crippen molar-refractivity contribution in [2.75, 3.05) is 11.3 Å². The van der Waals surface area contributed by atoms with Crippen LogP contribution in [-0.2, 0) is 4.57 Å². The van der Waals surface area contributed by atoms with Crippen LogP contribution >= 0.6 is 7.75 Å². The molecular formula is C11H12N5O3P. The number of nitrogens with zero attached hydrogens (tertiary/aromatic N) is 4. The lowest BCUT2D eigenvalue weighted by Gasteiger charge is -2.27. The Balaban J connectivity index is 2.22. The molecule has 1 aliphatic heterocycles. The zero-order chi connectivity index (χ0) is 14.3. The van der Waals surface area contributed by atoms with Gasteiger partial charge < -0.3 is 15.5 Å². The fourth-order valence-corrected chi connectivity index (χ4v) is 2.70. The number of fused-ring (bicyclic) bond motifs is 1. The van der Waals surface area contributed by atoms with Gasteiger partial charge in [-0.05, 0) is 12.1 Å². The first-order chi connectivity index (χ1) is 9.48. The monoisotopic (exact) mass is 293 g/mol. The predicted molar refractivity (Wildman–Crippen MR) is 73.7 cm³/mol. The van der Waals surface area contributed by atoms with E-state index in [0.29, 0.717) is 0 Å². The fraction of sp³-hybridized carbons (Fsp3) is 0.0909. The number of hydrogen-bond donors (Lipinski definition) is 3.